The van der Waals surface area contributed by atoms with Gasteiger partial charge in [0, 0.05) is 5.25 Å². The molecule has 0 saturated carbocycles. The summed E-state index contributed by atoms with van der Waals surface area (Å²) >= 11 is -1.87. The molecule has 0 bridgehead atoms. The zero-order chi connectivity index (χ0) is 8.69. The number of rotatable bonds is 6. The molecule has 0 saturated heterocycles. The highest BCUT2D eigenvalue weighted by molar-refractivity contribution is 7.79. The molecule has 0 heterocycles. The van der Waals surface area contributed by atoms with E-state index in [0.29, 0.717) is 0 Å². The van der Waals surface area contributed by atoms with Crippen LogP contribution in [0.2, 0.25) is 0 Å². The van der Waals surface area contributed by atoms with E-state index < -0.39 is 11.1 Å². The summed E-state index contributed by atoms with van der Waals surface area (Å²) in [5.74, 6) is 0. The molecule has 3 heteroatoms. The van der Waals surface area contributed by atoms with E-state index in [9.17, 15) is 8.76 Å². The van der Waals surface area contributed by atoms with E-state index in [-0.39, 0.29) is 5.25 Å². The minimum absolute atomic E-state index is 0.160. The molecule has 0 aliphatic heterocycles. The second kappa shape index (κ2) is 6.80. The fourth-order valence-corrected chi connectivity index (χ4v) is 1.31. The molecule has 2 unspecified atom stereocenters. The van der Waals surface area contributed by atoms with Gasteiger partial charge in [0.25, 0.3) is 0 Å². The molecule has 0 aliphatic rings. The molecule has 0 fully saturated rings. The normalized spacial score (nSPS) is 16.3. The second-order valence-corrected chi connectivity index (χ2v) is 4.25. The van der Waals surface area contributed by atoms with Crippen LogP contribution in [0.15, 0.2) is 0 Å². The van der Waals surface area contributed by atoms with Crippen molar-refractivity contribution in [2.75, 3.05) is 0 Å². The summed E-state index contributed by atoms with van der Waals surface area (Å²) in [4.78, 5) is 0. The third-order valence-corrected chi connectivity index (χ3v) is 2.69. The van der Waals surface area contributed by atoms with Gasteiger partial charge in [0.15, 0.2) is 0 Å². The Balaban J connectivity index is 3.17. The Kier molecular flexibility index (Phi) is 6.87. The van der Waals surface area contributed by atoms with E-state index in [2.05, 4.69) is 6.92 Å². The Morgan fingerprint density at radius 3 is 2.45 bits per heavy atom. The van der Waals surface area contributed by atoms with Crippen LogP contribution in [0, 0.1) is 0 Å². The van der Waals surface area contributed by atoms with Gasteiger partial charge < -0.3 is 4.55 Å². The molecule has 0 aromatic carbocycles. The molecule has 0 amide bonds. The van der Waals surface area contributed by atoms with Crippen LogP contribution in [0.3, 0.4) is 0 Å². The SMILES string of the molecule is CCCCCCC(C)S(=O)[O-]. The highest BCUT2D eigenvalue weighted by atomic mass is 32.2. The second-order valence-electron chi connectivity index (χ2n) is 2.92. The standard InChI is InChI=1S/C8H18O2S/c1-3-4-5-6-7-8(2)11(9)10/h8H,3-7H2,1-2H3,(H,9,10)/p-1. The summed E-state index contributed by atoms with van der Waals surface area (Å²) in [6.45, 7) is 3.91. The van der Waals surface area contributed by atoms with E-state index in [1.807, 2.05) is 0 Å². The van der Waals surface area contributed by atoms with Crippen LogP contribution in [0.4, 0.5) is 0 Å². The van der Waals surface area contributed by atoms with Crippen LogP contribution in [0.25, 0.3) is 0 Å². The predicted molar refractivity (Wildman–Crippen MR) is 47.1 cm³/mol. The predicted octanol–water partition coefficient (Wildman–Crippen LogP) is 2.22. The lowest BCUT2D eigenvalue weighted by atomic mass is 10.1. The van der Waals surface area contributed by atoms with Crippen LogP contribution < -0.4 is 0 Å². The number of unbranched alkanes of at least 4 members (excludes halogenated alkanes) is 3. The lowest BCUT2D eigenvalue weighted by molar-refractivity contribution is 0.514. The Morgan fingerprint density at radius 1 is 1.36 bits per heavy atom. The van der Waals surface area contributed by atoms with Crippen molar-refractivity contribution in [2.24, 2.45) is 0 Å². The van der Waals surface area contributed by atoms with Crippen molar-refractivity contribution in [3.63, 3.8) is 0 Å². The van der Waals surface area contributed by atoms with Crippen LogP contribution in [0.5, 0.6) is 0 Å². The smallest absolute Gasteiger partial charge is 0.0187 e. The van der Waals surface area contributed by atoms with Gasteiger partial charge in [-0.3, -0.25) is 4.21 Å². The third-order valence-electron chi connectivity index (χ3n) is 1.79. The average molecular weight is 177 g/mol. The Bertz CT molecular complexity index is 115. The first-order chi connectivity index (χ1) is 5.18. The van der Waals surface area contributed by atoms with Crippen molar-refractivity contribution in [1.82, 2.24) is 0 Å². The van der Waals surface area contributed by atoms with Crippen molar-refractivity contribution in [2.45, 2.75) is 51.2 Å². The lowest BCUT2D eigenvalue weighted by Gasteiger charge is -2.13. The van der Waals surface area contributed by atoms with Crippen molar-refractivity contribution in [3.05, 3.63) is 0 Å². The highest BCUT2D eigenvalue weighted by Crippen LogP contribution is 2.07. The molecule has 0 aliphatic carbocycles. The maximum Gasteiger partial charge on any atom is 0.0187 e. The molecule has 0 rings (SSSR count). The quantitative estimate of drug-likeness (QED) is 0.461. The molecule has 0 aromatic rings. The van der Waals surface area contributed by atoms with Crippen LogP contribution >= 0.6 is 0 Å². The van der Waals surface area contributed by atoms with Crippen LogP contribution in [-0.4, -0.2) is 14.0 Å². The lowest BCUT2D eigenvalue weighted by Crippen LogP contribution is -2.09. The molecule has 11 heavy (non-hydrogen) atoms. The molecule has 0 spiro atoms. The van der Waals surface area contributed by atoms with Crippen molar-refractivity contribution >= 4 is 11.1 Å². The molecular formula is C8H17O2S-. The molecule has 0 aromatic heterocycles. The zero-order valence-electron chi connectivity index (χ0n) is 7.34. The fourth-order valence-electron chi connectivity index (χ4n) is 0.955. The average Bonchev–Trinajstić information content (AvgIpc) is 1.97. The van der Waals surface area contributed by atoms with Gasteiger partial charge >= 0.3 is 0 Å². The topological polar surface area (TPSA) is 40.1 Å². The Labute approximate surface area is 71.7 Å². The van der Waals surface area contributed by atoms with Crippen molar-refractivity contribution in [1.29, 1.82) is 0 Å². The van der Waals surface area contributed by atoms with Gasteiger partial charge in [0.1, 0.15) is 0 Å². The van der Waals surface area contributed by atoms with Gasteiger partial charge in [-0.25, -0.2) is 0 Å². The summed E-state index contributed by atoms with van der Waals surface area (Å²) in [5, 5.41) is -0.160. The largest absolute Gasteiger partial charge is 0.772 e. The first-order valence-corrected chi connectivity index (χ1v) is 5.40. The first-order valence-electron chi connectivity index (χ1n) is 4.26. The molecule has 2 atom stereocenters. The molecular weight excluding hydrogens is 160 g/mol. The van der Waals surface area contributed by atoms with Gasteiger partial charge in [-0.1, -0.05) is 50.6 Å². The van der Waals surface area contributed by atoms with E-state index in [4.69, 9.17) is 0 Å². The van der Waals surface area contributed by atoms with Gasteiger partial charge in [-0.15, -0.1) is 0 Å². The maximum absolute atomic E-state index is 10.4. The monoisotopic (exact) mass is 177 g/mol. The summed E-state index contributed by atoms with van der Waals surface area (Å²) in [7, 11) is 0. The summed E-state index contributed by atoms with van der Waals surface area (Å²) < 4.78 is 20.7. The maximum atomic E-state index is 10.4. The van der Waals surface area contributed by atoms with Gasteiger partial charge in [-0.2, -0.15) is 0 Å². The van der Waals surface area contributed by atoms with Crippen LogP contribution in [-0.2, 0) is 11.1 Å². The minimum Gasteiger partial charge on any atom is -0.772 e. The van der Waals surface area contributed by atoms with E-state index in [1.54, 1.807) is 6.92 Å². The van der Waals surface area contributed by atoms with Gasteiger partial charge in [0.2, 0.25) is 0 Å². The third kappa shape index (κ3) is 6.51. The van der Waals surface area contributed by atoms with Crippen LogP contribution in [0.1, 0.15) is 46.0 Å². The molecule has 68 valence electrons. The molecule has 0 radical (unpaired) electrons. The Hall–Kier alpha value is 0.110. The van der Waals surface area contributed by atoms with Gasteiger partial charge in [0.05, 0.1) is 0 Å². The minimum atomic E-state index is -1.87. The van der Waals surface area contributed by atoms with E-state index in [0.717, 1.165) is 19.3 Å². The fraction of sp³-hybridized carbons (Fsp3) is 1.00. The summed E-state index contributed by atoms with van der Waals surface area (Å²) in [6.07, 6.45) is 5.45. The van der Waals surface area contributed by atoms with Crippen molar-refractivity contribution < 1.29 is 8.76 Å². The first kappa shape index (κ1) is 11.1. The Morgan fingerprint density at radius 2 is 2.00 bits per heavy atom. The number of hydrogen-bond acceptors (Lipinski definition) is 2. The summed E-state index contributed by atoms with van der Waals surface area (Å²) in [6, 6.07) is 0. The highest BCUT2D eigenvalue weighted by Gasteiger charge is 2.00. The van der Waals surface area contributed by atoms with Crippen molar-refractivity contribution in [3.8, 4) is 0 Å². The van der Waals surface area contributed by atoms with Gasteiger partial charge in [-0.05, 0) is 6.42 Å². The molecule has 2 nitrogen and oxygen atoms in total. The van der Waals surface area contributed by atoms with E-state index >= 15 is 0 Å². The van der Waals surface area contributed by atoms with E-state index in [1.165, 1.54) is 12.8 Å². The summed E-state index contributed by atoms with van der Waals surface area (Å²) in [5.41, 5.74) is 0. The molecule has 0 N–H and O–H groups in total. The zero-order valence-corrected chi connectivity index (χ0v) is 8.15. The number of hydrogen-bond donors (Lipinski definition) is 0.